The first-order chi connectivity index (χ1) is 9.09. The van der Waals surface area contributed by atoms with E-state index >= 15 is 0 Å². The van der Waals surface area contributed by atoms with E-state index in [1.165, 1.54) is 51.6 Å². The molecule has 2 heteroatoms. The van der Waals surface area contributed by atoms with Crippen LogP contribution in [0.15, 0.2) is 0 Å². The Labute approximate surface area is 120 Å². The highest BCUT2D eigenvalue weighted by atomic mass is 15.2. The zero-order valence-electron chi connectivity index (χ0n) is 13.5. The Morgan fingerprint density at radius 1 is 1.00 bits per heavy atom. The van der Waals surface area contributed by atoms with Crippen molar-refractivity contribution in [3.05, 3.63) is 0 Å². The standard InChI is InChI=1S/C17H34N2/c1-13(2)17(12-18-14(3)4)19-11-7-9-15-8-5-6-10-16(15)19/h13-18H,5-12H2,1-4H3/t15-,16-,17?/m1/s1. The third kappa shape index (κ3) is 3.95. The van der Waals surface area contributed by atoms with Gasteiger partial charge in [0.05, 0.1) is 0 Å². The fourth-order valence-electron chi connectivity index (χ4n) is 4.17. The molecule has 0 aromatic carbocycles. The van der Waals surface area contributed by atoms with Gasteiger partial charge in [0.25, 0.3) is 0 Å². The van der Waals surface area contributed by atoms with E-state index in [1.807, 2.05) is 0 Å². The lowest BCUT2D eigenvalue weighted by atomic mass is 9.77. The quantitative estimate of drug-likeness (QED) is 0.817. The summed E-state index contributed by atoms with van der Waals surface area (Å²) in [7, 11) is 0. The van der Waals surface area contributed by atoms with Gasteiger partial charge >= 0.3 is 0 Å². The topological polar surface area (TPSA) is 15.3 Å². The van der Waals surface area contributed by atoms with Gasteiger partial charge < -0.3 is 5.32 Å². The highest BCUT2D eigenvalue weighted by Gasteiger charge is 2.37. The molecular formula is C17H34N2. The molecule has 19 heavy (non-hydrogen) atoms. The Hall–Kier alpha value is -0.0800. The molecule has 1 N–H and O–H groups in total. The van der Waals surface area contributed by atoms with Gasteiger partial charge in [-0.05, 0) is 44.1 Å². The van der Waals surface area contributed by atoms with Crippen molar-refractivity contribution in [1.29, 1.82) is 0 Å². The van der Waals surface area contributed by atoms with Crippen LogP contribution in [0.2, 0.25) is 0 Å². The molecule has 1 aliphatic heterocycles. The Morgan fingerprint density at radius 3 is 2.37 bits per heavy atom. The minimum Gasteiger partial charge on any atom is -0.313 e. The van der Waals surface area contributed by atoms with Gasteiger partial charge in [-0.15, -0.1) is 0 Å². The predicted molar refractivity (Wildman–Crippen MR) is 83.5 cm³/mol. The molecule has 1 saturated heterocycles. The number of nitrogens with zero attached hydrogens (tertiary/aromatic N) is 1. The molecule has 2 rings (SSSR count). The van der Waals surface area contributed by atoms with Gasteiger partial charge in [-0.25, -0.2) is 0 Å². The van der Waals surface area contributed by atoms with E-state index in [9.17, 15) is 0 Å². The average molecular weight is 266 g/mol. The van der Waals surface area contributed by atoms with Crippen LogP contribution in [0.1, 0.15) is 66.2 Å². The number of hydrogen-bond donors (Lipinski definition) is 1. The monoisotopic (exact) mass is 266 g/mol. The minimum absolute atomic E-state index is 0.605. The van der Waals surface area contributed by atoms with Crippen molar-refractivity contribution in [1.82, 2.24) is 10.2 Å². The third-order valence-corrected chi connectivity index (χ3v) is 5.22. The van der Waals surface area contributed by atoms with Gasteiger partial charge in [0.1, 0.15) is 0 Å². The predicted octanol–water partition coefficient (Wildman–Crippen LogP) is 3.66. The van der Waals surface area contributed by atoms with Crippen LogP contribution < -0.4 is 5.32 Å². The molecular weight excluding hydrogens is 232 g/mol. The first-order valence-corrected chi connectivity index (χ1v) is 8.58. The van der Waals surface area contributed by atoms with Crippen LogP contribution in [-0.2, 0) is 0 Å². The molecule has 2 nitrogen and oxygen atoms in total. The number of piperidine rings is 1. The molecule has 1 aliphatic carbocycles. The lowest BCUT2D eigenvalue weighted by molar-refractivity contribution is 0.00958. The fourth-order valence-corrected chi connectivity index (χ4v) is 4.17. The zero-order chi connectivity index (χ0) is 13.8. The molecule has 1 unspecified atom stereocenters. The van der Waals surface area contributed by atoms with E-state index in [-0.39, 0.29) is 0 Å². The van der Waals surface area contributed by atoms with Crippen molar-refractivity contribution in [3.8, 4) is 0 Å². The van der Waals surface area contributed by atoms with E-state index in [4.69, 9.17) is 0 Å². The first kappa shape index (κ1) is 15.3. The zero-order valence-corrected chi connectivity index (χ0v) is 13.5. The van der Waals surface area contributed by atoms with Crippen LogP contribution in [0.25, 0.3) is 0 Å². The van der Waals surface area contributed by atoms with E-state index in [0.717, 1.165) is 23.9 Å². The summed E-state index contributed by atoms with van der Waals surface area (Å²) < 4.78 is 0. The molecule has 1 saturated carbocycles. The lowest BCUT2D eigenvalue weighted by Crippen LogP contribution is -2.56. The van der Waals surface area contributed by atoms with Crippen LogP contribution in [0, 0.1) is 11.8 Å². The summed E-state index contributed by atoms with van der Waals surface area (Å²) in [6.45, 7) is 11.8. The lowest BCUT2D eigenvalue weighted by Gasteiger charge is -2.49. The summed E-state index contributed by atoms with van der Waals surface area (Å²) in [6.07, 6.45) is 8.79. The smallest absolute Gasteiger partial charge is 0.0246 e. The minimum atomic E-state index is 0.605. The molecule has 2 fully saturated rings. The molecule has 3 atom stereocenters. The summed E-state index contributed by atoms with van der Waals surface area (Å²) in [5.41, 5.74) is 0. The number of likely N-dealkylation sites (tertiary alicyclic amines) is 1. The number of nitrogens with one attached hydrogen (secondary N) is 1. The van der Waals surface area contributed by atoms with Crippen LogP contribution in [0.5, 0.6) is 0 Å². The molecule has 0 spiro atoms. The second kappa shape index (κ2) is 7.08. The van der Waals surface area contributed by atoms with Crippen molar-refractivity contribution in [2.75, 3.05) is 13.1 Å². The van der Waals surface area contributed by atoms with Crippen molar-refractivity contribution < 1.29 is 0 Å². The van der Waals surface area contributed by atoms with Crippen LogP contribution in [0.3, 0.4) is 0 Å². The number of fused-ring (bicyclic) bond motifs is 1. The van der Waals surface area contributed by atoms with Gasteiger partial charge in [-0.1, -0.05) is 40.5 Å². The Morgan fingerprint density at radius 2 is 1.68 bits per heavy atom. The highest BCUT2D eigenvalue weighted by Crippen LogP contribution is 2.37. The molecule has 1 heterocycles. The normalized spacial score (nSPS) is 30.6. The highest BCUT2D eigenvalue weighted by molar-refractivity contribution is 4.92. The van der Waals surface area contributed by atoms with E-state index in [0.29, 0.717) is 6.04 Å². The van der Waals surface area contributed by atoms with Crippen LogP contribution >= 0.6 is 0 Å². The second-order valence-corrected chi connectivity index (χ2v) is 7.37. The number of hydrogen-bond acceptors (Lipinski definition) is 2. The van der Waals surface area contributed by atoms with E-state index < -0.39 is 0 Å². The Kier molecular flexibility index (Phi) is 5.70. The van der Waals surface area contributed by atoms with Crippen molar-refractivity contribution in [2.45, 2.75) is 84.3 Å². The molecule has 0 amide bonds. The van der Waals surface area contributed by atoms with Gasteiger partial charge in [0, 0.05) is 24.7 Å². The van der Waals surface area contributed by atoms with Gasteiger partial charge in [-0.3, -0.25) is 4.90 Å². The van der Waals surface area contributed by atoms with Crippen molar-refractivity contribution in [2.24, 2.45) is 11.8 Å². The molecule has 0 aromatic rings. The average Bonchev–Trinajstić information content (AvgIpc) is 2.38. The molecule has 0 bridgehead atoms. The van der Waals surface area contributed by atoms with Gasteiger partial charge in [0.15, 0.2) is 0 Å². The molecule has 0 aromatic heterocycles. The maximum absolute atomic E-state index is 3.68. The largest absolute Gasteiger partial charge is 0.313 e. The van der Waals surface area contributed by atoms with Gasteiger partial charge in [-0.2, -0.15) is 0 Å². The van der Waals surface area contributed by atoms with E-state index in [2.05, 4.69) is 37.9 Å². The summed E-state index contributed by atoms with van der Waals surface area (Å²) in [6, 6.07) is 2.23. The molecule has 2 aliphatic rings. The van der Waals surface area contributed by atoms with Gasteiger partial charge in [0.2, 0.25) is 0 Å². The van der Waals surface area contributed by atoms with E-state index in [1.54, 1.807) is 0 Å². The SMILES string of the molecule is CC(C)NCC(C(C)C)N1CCC[C@H]2CCCC[C@H]21. The maximum Gasteiger partial charge on any atom is 0.0246 e. The van der Waals surface area contributed by atoms with Crippen molar-refractivity contribution >= 4 is 0 Å². The third-order valence-electron chi connectivity index (χ3n) is 5.22. The number of rotatable bonds is 5. The summed E-state index contributed by atoms with van der Waals surface area (Å²) in [5.74, 6) is 1.76. The Balaban J connectivity index is 2.01. The maximum atomic E-state index is 3.68. The summed E-state index contributed by atoms with van der Waals surface area (Å²) in [4.78, 5) is 2.88. The Bertz CT molecular complexity index is 260. The molecule has 112 valence electrons. The first-order valence-electron chi connectivity index (χ1n) is 8.58. The van der Waals surface area contributed by atoms with Crippen molar-refractivity contribution in [3.63, 3.8) is 0 Å². The molecule has 0 radical (unpaired) electrons. The fraction of sp³-hybridized carbons (Fsp3) is 1.00. The van der Waals surface area contributed by atoms with Crippen LogP contribution in [-0.4, -0.2) is 36.1 Å². The summed E-state index contributed by atoms with van der Waals surface area (Å²) in [5, 5.41) is 3.68. The summed E-state index contributed by atoms with van der Waals surface area (Å²) >= 11 is 0. The van der Waals surface area contributed by atoms with Crippen LogP contribution in [0.4, 0.5) is 0 Å². The second-order valence-electron chi connectivity index (χ2n) is 7.37.